The Morgan fingerprint density at radius 2 is 1.73 bits per heavy atom. The molecule has 2 N–H and O–H groups in total. The Kier molecular flexibility index (Phi) is 10.7. The van der Waals surface area contributed by atoms with Gasteiger partial charge in [0.1, 0.15) is 0 Å². The number of carboxylic acids is 1. The summed E-state index contributed by atoms with van der Waals surface area (Å²) < 4.78 is 4.67. The maximum Gasteiger partial charge on any atom is 0.0715 e. The molecule has 5 heteroatoms. The van der Waals surface area contributed by atoms with Gasteiger partial charge in [-0.3, -0.25) is 0 Å². The van der Waals surface area contributed by atoms with Crippen LogP contribution < -0.4 is 5.11 Å². The number of carbonyl (C=O) groups excluding carboxylic acids is 1. The second-order valence-corrected chi connectivity index (χ2v) is 3.11. The van der Waals surface area contributed by atoms with Gasteiger partial charge in [0, 0.05) is 0 Å². The standard InChI is InChI=1S/C7H6O2.C3H7O.Al.H2O/c8-7(9)6-4-2-1-3-5-6;1-3(2)4;;/h1-5H,(H,8,9);3H,1-2H3;;1H2/q;-1;+2;/p-1. The van der Waals surface area contributed by atoms with Crippen molar-refractivity contribution in [2.45, 2.75) is 20.0 Å². The first-order valence-corrected chi connectivity index (χ1v) is 4.67. The fourth-order valence-corrected chi connectivity index (χ4v) is 0.574. The molecular weight excluding hydrogens is 211 g/mol. The zero-order valence-electron chi connectivity index (χ0n) is 8.77. The number of carbonyl (C=O) groups is 1. The summed E-state index contributed by atoms with van der Waals surface area (Å²) in [7, 11) is 0. The third-order valence-electron chi connectivity index (χ3n) is 1.28. The van der Waals surface area contributed by atoms with Crippen LogP contribution in [0.25, 0.3) is 0 Å². The molecule has 0 aliphatic heterocycles. The average Bonchev–Trinajstić information content (AvgIpc) is 2.20. The van der Waals surface area contributed by atoms with E-state index in [2.05, 4.69) is 20.4 Å². The Balaban J connectivity index is 0. The molecule has 0 spiro atoms. The van der Waals surface area contributed by atoms with Crippen LogP contribution in [0.3, 0.4) is 0 Å². The van der Waals surface area contributed by atoms with Gasteiger partial charge < -0.3 is 15.4 Å². The second-order valence-electron chi connectivity index (χ2n) is 2.84. The van der Waals surface area contributed by atoms with E-state index < -0.39 is 5.97 Å². The summed E-state index contributed by atoms with van der Waals surface area (Å²) in [5.74, 6) is -1.13. The van der Waals surface area contributed by atoms with Crippen molar-refractivity contribution >= 4 is 22.6 Å². The van der Waals surface area contributed by atoms with Crippen molar-refractivity contribution < 1.29 is 19.2 Å². The van der Waals surface area contributed by atoms with Crippen LogP contribution in [-0.4, -0.2) is 34.2 Å². The van der Waals surface area contributed by atoms with Crippen LogP contribution in [-0.2, 0) is 3.79 Å². The minimum Gasteiger partial charge on any atom is -0.545 e. The molecule has 0 atom stereocenters. The number of hydrogen-bond donors (Lipinski definition) is 0. The predicted octanol–water partition coefficient (Wildman–Crippen LogP) is -0.280. The van der Waals surface area contributed by atoms with Crippen LogP contribution in [0, 0.1) is 0 Å². The van der Waals surface area contributed by atoms with Gasteiger partial charge >= 0.3 is 40.4 Å². The van der Waals surface area contributed by atoms with Crippen molar-refractivity contribution in [1.82, 2.24) is 0 Å². The first kappa shape index (κ1) is 16.6. The van der Waals surface area contributed by atoms with E-state index in [-0.39, 0.29) is 11.0 Å². The molecule has 0 heterocycles. The van der Waals surface area contributed by atoms with Gasteiger partial charge in [-0.2, -0.15) is 0 Å². The van der Waals surface area contributed by atoms with Gasteiger partial charge in [0.05, 0.1) is 5.97 Å². The minimum absolute atomic E-state index is 0. The zero-order valence-corrected chi connectivity index (χ0v) is 9.92. The molecule has 0 saturated carbocycles. The molecule has 0 saturated heterocycles. The van der Waals surface area contributed by atoms with E-state index in [0.29, 0.717) is 6.10 Å². The smallest absolute Gasteiger partial charge is 0.0715 e. The maximum absolute atomic E-state index is 10.1. The third-order valence-corrected chi connectivity index (χ3v) is 1.83. The first-order chi connectivity index (χ1) is 6.57. The molecule has 0 unspecified atom stereocenters. The van der Waals surface area contributed by atoms with Gasteiger partial charge in [0.15, 0.2) is 0 Å². The molecule has 4 nitrogen and oxygen atoms in total. The molecule has 1 aromatic rings. The molecule has 81 valence electrons. The number of hydrogen-bond acceptors (Lipinski definition) is 3. The van der Waals surface area contributed by atoms with Crippen molar-refractivity contribution in [1.29, 1.82) is 0 Å². The third kappa shape index (κ3) is 9.45. The van der Waals surface area contributed by atoms with E-state index >= 15 is 0 Å². The van der Waals surface area contributed by atoms with Crippen LogP contribution in [0.5, 0.6) is 0 Å². The van der Waals surface area contributed by atoms with E-state index in [1.165, 1.54) is 12.1 Å². The Labute approximate surface area is 97.9 Å². The zero-order chi connectivity index (χ0) is 11.0. The van der Waals surface area contributed by atoms with Crippen molar-refractivity contribution in [3.8, 4) is 0 Å². The van der Waals surface area contributed by atoms with Gasteiger partial charge in [-0.15, -0.1) is 0 Å². The fourth-order valence-electron chi connectivity index (χ4n) is 0.574. The summed E-state index contributed by atoms with van der Waals surface area (Å²) in [6.07, 6.45) is 0.347. The summed E-state index contributed by atoms with van der Waals surface area (Å²) >= 11 is 2.19. The van der Waals surface area contributed by atoms with Gasteiger partial charge in [0.25, 0.3) is 0 Å². The minimum atomic E-state index is -1.13. The van der Waals surface area contributed by atoms with E-state index in [4.69, 9.17) is 0 Å². The number of benzene rings is 1. The molecule has 0 aliphatic carbocycles. The summed E-state index contributed by atoms with van der Waals surface area (Å²) in [5.41, 5.74) is 0.220. The molecular formula is C10H14AlO4. The quantitative estimate of drug-likeness (QED) is 0.649. The van der Waals surface area contributed by atoms with Crippen molar-refractivity contribution in [2.75, 3.05) is 0 Å². The molecule has 1 rings (SSSR count). The van der Waals surface area contributed by atoms with Crippen molar-refractivity contribution in [3.63, 3.8) is 0 Å². The average molecular weight is 225 g/mol. The summed E-state index contributed by atoms with van der Waals surface area (Å²) in [5, 5.41) is 10.1. The summed E-state index contributed by atoms with van der Waals surface area (Å²) in [6, 6.07) is 8.06. The SMILES string of the molecule is CC(C)[O][Al+].O.O=C([O-])c1ccccc1. The molecule has 0 aromatic heterocycles. The number of carboxylic acid groups (broad SMARTS) is 1. The summed E-state index contributed by atoms with van der Waals surface area (Å²) in [4.78, 5) is 10.1. The predicted molar refractivity (Wildman–Crippen MR) is 56.4 cm³/mol. The largest absolute Gasteiger partial charge is 0.545 e. The normalized spacial score (nSPS) is 8.40. The van der Waals surface area contributed by atoms with E-state index in [0.717, 1.165) is 0 Å². The fraction of sp³-hybridized carbons (Fsp3) is 0.300. The first-order valence-electron chi connectivity index (χ1n) is 4.20. The van der Waals surface area contributed by atoms with Crippen LogP contribution in [0.1, 0.15) is 24.2 Å². The monoisotopic (exact) mass is 225 g/mol. The Hall–Kier alpha value is -0.858. The van der Waals surface area contributed by atoms with E-state index in [1.54, 1.807) is 18.2 Å². The van der Waals surface area contributed by atoms with E-state index in [9.17, 15) is 9.90 Å². The van der Waals surface area contributed by atoms with Crippen molar-refractivity contribution in [3.05, 3.63) is 35.9 Å². The second kappa shape index (κ2) is 9.69. The molecule has 0 bridgehead atoms. The Morgan fingerprint density at radius 1 is 1.33 bits per heavy atom. The van der Waals surface area contributed by atoms with Gasteiger partial charge in [-0.05, 0) is 5.56 Å². The maximum atomic E-state index is 10.1. The van der Waals surface area contributed by atoms with Crippen molar-refractivity contribution in [2.24, 2.45) is 0 Å². The molecule has 0 amide bonds. The van der Waals surface area contributed by atoms with Crippen LogP contribution in [0.4, 0.5) is 0 Å². The molecule has 15 heavy (non-hydrogen) atoms. The molecule has 1 radical (unpaired) electrons. The number of aromatic carboxylic acids is 1. The van der Waals surface area contributed by atoms with Crippen LogP contribution in [0.2, 0.25) is 0 Å². The Morgan fingerprint density at radius 3 is 1.93 bits per heavy atom. The topological polar surface area (TPSA) is 80.9 Å². The number of rotatable bonds is 2. The molecule has 0 fully saturated rings. The van der Waals surface area contributed by atoms with Gasteiger partial charge in [0.2, 0.25) is 0 Å². The Bertz CT molecular complexity index is 261. The van der Waals surface area contributed by atoms with E-state index in [1.807, 2.05) is 13.8 Å². The molecule has 0 aliphatic rings. The van der Waals surface area contributed by atoms with Gasteiger partial charge in [-0.25, -0.2) is 0 Å². The van der Waals surface area contributed by atoms with Gasteiger partial charge in [-0.1, -0.05) is 30.3 Å². The van der Waals surface area contributed by atoms with Crippen LogP contribution >= 0.6 is 0 Å². The molecule has 1 aromatic carbocycles. The van der Waals surface area contributed by atoms with Crippen LogP contribution in [0.15, 0.2) is 30.3 Å². The summed E-state index contributed by atoms with van der Waals surface area (Å²) in [6.45, 7) is 3.96.